The summed E-state index contributed by atoms with van der Waals surface area (Å²) in [6, 6.07) is 5.91. The summed E-state index contributed by atoms with van der Waals surface area (Å²) in [5.74, 6) is 0. The lowest BCUT2D eigenvalue weighted by Gasteiger charge is -2.24. The third-order valence-electron chi connectivity index (χ3n) is 3.62. The van der Waals surface area contributed by atoms with Crippen molar-refractivity contribution in [3.8, 4) is 0 Å². The Morgan fingerprint density at radius 2 is 2.05 bits per heavy atom. The van der Waals surface area contributed by atoms with E-state index in [1.54, 1.807) is 0 Å². The second-order valence-electron chi connectivity index (χ2n) is 5.26. The van der Waals surface area contributed by atoms with E-state index in [1.807, 2.05) is 37.5 Å². The highest BCUT2D eigenvalue weighted by Gasteiger charge is 2.57. The zero-order chi connectivity index (χ0) is 15.4. The quantitative estimate of drug-likeness (QED) is 0.846. The number of hydrogen-bond donors (Lipinski definition) is 2. The summed E-state index contributed by atoms with van der Waals surface area (Å²) in [7, 11) is 0. The Morgan fingerprint density at radius 3 is 2.67 bits per heavy atom. The van der Waals surface area contributed by atoms with E-state index in [2.05, 4.69) is 5.10 Å². The number of aryl methyl sites for hydroxylation is 2. The van der Waals surface area contributed by atoms with E-state index in [-0.39, 0.29) is 5.71 Å². The van der Waals surface area contributed by atoms with Crippen molar-refractivity contribution in [2.75, 3.05) is 0 Å². The van der Waals surface area contributed by atoms with Gasteiger partial charge in [0.25, 0.3) is 5.72 Å². The second kappa shape index (κ2) is 4.45. The van der Waals surface area contributed by atoms with Gasteiger partial charge in [-0.2, -0.15) is 18.3 Å². The minimum atomic E-state index is -4.76. The molecule has 0 aliphatic carbocycles. The summed E-state index contributed by atoms with van der Waals surface area (Å²) in [5.41, 5.74) is 1.09. The fourth-order valence-corrected chi connectivity index (χ4v) is 3.56. The first-order chi connectivity index (χ1) is 9.71. The Kier molecular flexibility index (Phi) is 3.04. The largest absolute Gasteiger partial charge is 0.438 e. The maximum atomic E-state index is 12.8. The van der Waals surface area contributed by atoms with Gasteiger partial charge in [-0.1, -0.05) is 17.7 Å². The topological polar surface area (TPSA) is 44.6 Å². The van der Waals surface area contributed by atoms with Crippen LogP contribution in [0.3, 0.4) is 0 Å². The zero-order valence-electron chi connectivity index (χ0n) is 11.4. The predicted octanol–water partition coefficient (Wildman–Crippen LogP) is 3.47. The lowest BCUT2D eigenvalue weighted by Crippen LogP contribution is -2.52. The number of fused-ring (bicyclic) bond motifs is 1. The number of halogens is 3. The molecule has 112 valence electrons. The van der Waals surface area contributed by atoms with Gasteiger partial charge in [0.1, 0.15) is 0 Å². The number of nitrogens with zero attached hydrogens (tertiary/aromatic N) is 1. The van der Waals surface area contributed by atoms with Crippen LogP contribution in [0.1, 0.15) is 22.4 Å². The Hall–Kier alpha value is -1.60. The normalized spacial score (nSPS) is 22.5. The molecular formula is C14H13F3N2OS. The Balaban J connectivity index is 2.02. The molecule has 1 aromatic carbocycles. The van der Waals surface area contributed by atoms with Crippen LogP contribution in [0.15, 0.2) is 23.3 Å². The minimum Gasteiger partial charge on any atom is -0.362 e. The summed E-state index contributed by atoms with van der Waals surface area (Å²) in [6.45, 7) is 3.83. The fourth-order valence-electron chi connectivity index (χ4n) is 2.39. The monoisotopic (exact) mass is 314 g/mol. The molecule has 2 heterocycles. The summed E-state index contributed by atoms with van der Waals surface area (Å²) >= 11 is 1.39. The molecule has 0 saturated carbocycles. The standard InChI is InChI=1S/C14H13F3N2OS/c1-7-3-4-11-9(5-7)8(2)12(21-11)10-6-13(20,19-18-10)14(15,16)17/h3-5,19-20H,6H2,1-2H3. The smallest absolute Gasteiger partial charge is 0.362 e. The molecule has 0 radical (unpaired) electrons. The number of alkyl halides is 3. The van der Waals surface area contributed by atoms with E-state index in [0.29, 0.717) is 4.88 Å². The van der Waals surface area contributed by atoms with Crippen LogP contribution in [0.25, 0.3) is 10.1 Å². The van der Waals surface area contributed by atoms with Gasteiger partial charge in [-0.05, 0) is 30.9 Å². The van der Waals surface area contributed by atoms with E-state index in [1.165, 1.54) is 11.3 Å². The Morgan fingerprint density at radius 1 is 1.33 bits per heavy atom. The summed E-state index contributed by atoms with van der Waals surface area (Å²) in [6.07, 6.45) is -5.34. The van der Waals surface area contributed by atoms with E-state index in [4.69, 9.17) is 0 Å². The molecule has 0 fully saturated rings. The lowest BCUT2D eigenvalue weighted by atomic mass is 10.0. The zero-order valence-corrected chi connectivity index (χ0v) is 12.2. The first-order valence-corrected chi connectivity index (χ1v) is 7.16. The van der Waals surface area contributed by atoms with Gasteiger partial charge in [-0.3, -0.25) is 5.43 Å². The third-order valence-corrected chi connectivity index (χ3v) is 4.94. The summed E-state index contributed by atoms with van der Waals surface area (Å²) in [4.78, 5) is 0.684. The van der Waals surface area contributed by atoms with Crippen LogP contribution in [0, 0.1) is 13.8 Å². The highest BCUT2D eigenvalue weighted by molar-refractivity contribution is 7.21. The molecule has 0 amide bonds. The van der Waals surface area contributed by atoms with Crippen LogP contribution >= 0.6 is 11.3 Å². The molecule has 7 heteroatoms. The van der Waals surface area contributed by atoms with Gasteiger partial charge in [0.15, 0.2) is 0 Å². The number of aliphatic hydroxyl groups is 1. The first kappa shape index (κ1) is 14.3. The van der Waals surface area contributed by atoms with Crippen LogP contribution in [-0.2, 0) is 0 Å². The summed E-state index contributed by atoms with van der Waals surface area (Å²) in [5, 5.41) is 14.3. The third kappa shape index (κ3) is 2.20. The molecule has 0 spiro atoms. The van der Waals surface area contributed by atoms with Crippen molar-refractivity contribution in [1.82, 2.24) is 5.43 Å². The van der Waals surface area contributed by atoms with Crippen LogP contribution in [0.4, 0.5) is 13.2 Å². The van der Waals surface area contributed by atoms with Crippen LogP contribution in [0.5, 0.6) is 0 Å². The van der Waals surface area contributed by atoms with Gasteiger partial charge < -0.3 is 5.11 Å². The molecular weight excluding hydrogens is 301 g/mol. The Bertz CT molecular complexity index is 750. The molecule has 1 aliphatic rings. The molecule has 0 saturated heterocycles. The molecule has 1 atom stereocenters. The maximum absolute atomic E-state index is 12.8. The number of nitrogens with one attached hydrogen (secondary N) is 1. The van der Waals surface area contributed by atoms with E-state index in [0.717, 1.165) is 21.2 Å². The van der Waals surface area contributed by atoms with Crippen molar-refractivity contribution in [1.29, 1.82) is 0 Å². The maximum Gasteiger partial charge on any atom is 0.438 e. The minimum absolute atomic E-state index is 0.242. The number of hydrazone groups is 1. The predicted molar refractivity (Wildman–Crippen MR) is 76.6 cm³/mol. The molecule has 21 heavy (non-hydrogen) atoms. The van der Waals surface area contributed by atoms with Gasteiger partial charge in [0.2, 0.25) is 0 Å². The van der Waals surface area contributed by atoms with Crippen molar-refractivity contribution in [3.63, 3.8) is 0 Å². The number of thiophene rings is 1. The van der Waals surface area contributed by atoms with Crippen LogP contribution in [-0.4, -0.2) is 22.7 Å². The van der Waals surface area contributed by atoms with Crippen molar-refractivity contribution >= 4 is 27.1 Å². The van der Waals surface area contributed by atoms with Gasteiger partial charge in [0, 0.05) is 4.70 Å². The fraction of sp³-hybridized carbons (Fsp3) is 0.357. The lowest BCUT2D eigenvalue weighted by molar-refractivity contribution is -0.266. The molecule has 2 aromatic rings. The van der Waals surface area contributed by atoms with Gasteiger partial charge in [-0.15, -0.1) is 11.3 Å². The van der Waals surface area contributed by atoms with Crippen molar-refractivity contribution in [3.05, 3.63) is 34.2 Å². The molecule has 2 N–H and O–H groups in total. The van der Waals surface area contributed by atoms with Gasteiger partial charge in [0.05, 0.1) is 17.0 Å². The molecule has 3 nitrogen and oxygen atoms in total. The number of hydrogen-bond acceptors (Lipinski definition) is 4. The molecule has 1 unspecified atom stereocenters. The second-order valence-corrected chi connectivity index (χ2v) is 6.31. The van der Waals surface area contributed by atoms with Crippen molar-refractivity contribution < 1.29 is 18.3 Å². The van der Waals surface area contributed by atoms with E-state index < -0.39 is 18.3 Å². The Labute approximate surface area is 123 Å². The SMILES string of the molecule is Cc1ccc2sc(C3=NNC(O)(C(F)(F)F)C3)c(C)c2c1. The van der Waals surface area contributed by atoms with Crippen LogP contribution in [0.2, 0.25) is 0 Å². The average Bonchev–Trinajstić information content (AvgIpc) is 2.92. The molecule has 3 rings (SSSR count). The highest BCUT2D eigenvalue weighted by Crippen LogP contribution is 2.38. The van der Waals surface area contributed by atoms with Crippen molar-refractivity contribution in [2.24, 2.45) is 5.10 Å². The average molecular weight is 314 g/mol. The van der Waals surface area contributed by atoms with Gasteiger partial charge in [-0.25, -0.2) is 0 Å². The number of benzene rings is 1. The first-order valence-electron chi connectivity index (χ1n) is 6.34. The summed E-state index contributed by atoms with van der Waals surface area (Å²) < 4.78 is 39.4. The van der Waals surface area contributed by atoms with Gasteiger partial charge >= 0.3 is 6.18 Å². The highest BCUT2D eigenvalue weighted by atomic mass is 32.1. The van der Waals surface area contributed by atoms with E-state index in [9.17, 15) is 18.3 Å². The number of rotatable bonds is 1. The molecule has 0 bridgehead atoms. The van der Waals surface area contributed by atoms with Crippen molar-refractivity contribution in [2.45, 2.75) is 32.2 Å². The van der Waals surface area contributed by atoms with E-state index >= 15 is 0 Å². The van der Waals surface area contributed by atoms with Crippen LogP contribution < -0.4 is 5.43 Å². The molecule has 1 aromatic heterocycles. The molecule has 1 aliphatic heterocycles.